The highest BCUT2D eigenvalue weighted by Crippen LogP contribution is 2.26. The molecule has 1 aliphatic heterocycles. The largest absolute Gasteiger partial charge is 0.497 e. The van der Waals surface area contributed by atoms with Crippen LogP contribution in [0.1, 0.15) is 32.7 Å². The van der Waals surface area contributed by atoms with E-state index in [1.807, 2.05) is 30.5 Å². The van der Waals surface area contributed by atoms with E-state index in [9.17, 15) is 14.4 Å². The van der Waals surface area contributed by atoms with Crippen molar-refractivity contribution in [3.63, 3.8) is 0 Å². The first kappa shape index (κ1) is 20.9. The average Bonchev–Trinajstić information content (AvgIpc) is 3.00. The van der Waals surface area contributed by atoms with Gasteiger partial charge in [0.25, 0.3) is 11.8 Å². The van der Waals surface area contributed by atoms with E-state index < -0.39 is 17.9 Å². The molecule has 0 bridgehead atoms. The standard InChI is InChI=1S/C22H24N2O4S/c1-28-16-9-7-15(8-10-16)11-13-23-20(25)19(12-14-29-2)24-21(26)17-5-3-4-6-18(17)22(24)27/h3-10,19H,11-14H2,1-2H3,(H,23,25)/t19-/m1/s1. The number of rotatable bonds is 9. The van der Waals surface area contributed by atoms with Gasteiger partial charge in [0, 0.05) is 6.54 Å². The number of carbonyl (C=O) groups is 3. The highest BCUT2D eigenvalue weighted by molar-refractivity contribution is 7.98. The van der Waals surface area contributed by atoms with Gasteiger partial charge in [0.2, 0.25) is 5.91 Å². The molecule has 0 aliphatic carbocycles. The summed E-state index contributed by atoms with van der Waals surface area (Å²) in [6.07, 6.45) is 3.00. The molecule has 1 aliphatic rings. The maximum Gasteiger partial charge on any atom is 0.262 e. The lowest BCUT2D eigenvalue weighted by Gasteiger charge is -2.25. The van der Waals surface area contributed by atoms with Crippen molar-refractivity contribution in [2.45, 2.75) is 18.9 Å². The van der Waals surface area contributed by atoms with E-state index in [0.717, 1.165) is 16.2 Å². The van der Waals surface area contributed by atoms with Crippen LogP contribution in [0.25, 0.3) is 0 Å². The number of thioether (sulfide) groups is 1. The molecule has 7 heteroatoms. The molecule has 0 unspecified atom stereocenters. The topological polar surface area (TPSA) is 75.7 Å². The summed E-state index contributed by atoms with van der Waals surface area (Å²) in [5, 5.41) is 2.89. The van der Waals surface area contributed by atoms with E-state index in [1.165, 1.54) is 0 Å². The molecule has 0 spiro atoms. The van der Waals surface area contributed by atoms with Gasteiger partial charge >= 0.3 is 0 Å². The second-order valence-corrected chi connectivity index (χ2v) is 7.70. The fourth-order valence-corrected chi connectivity index (χ4v) is 3.80. The third kappa shape index (κ3) is 4.62. The lowest BCUT2D eigenvalue weighted by Crippen LogP contribution is -2.50. The molecule has 0 saturated carbocycles. The summed E-state index contributed by atoms with van der Waals surface area (Å²) >= 11 is 1.58. The van der Waals surface area contributed by atoms with Gasteiger partial charge in [-0.1, -0.05) is 24.3 Å². The molecular weight excluding hydrogens is 388 g/mol. The molecule has 6 nitrogen and oxygen atoms in total. The Morgan fingerprint density at radius 2 is 1.69 bits per heavy atom. The molecule has 0 aromatic heterocycles. The Morgan fingerprint density at radius 3 is 2.24 bits per heavy atom. The molecular formula is C22H24N2O4S. The zero-order valence-corrected chi connectivity index (χ0v) is 17.3. The molecule has 3 amide bonds. The number of nitrogens with zero attached hydrogens (tertiary/aromatic N) is 1. The SMILES string of the molecule is COc1ccc(CCNC(=O)[C@@H](CCSC)N2C(=O)c3ccccc3C2=O)cc1. The molecule has 2 aromatic carbocycles. The summed E-state index contributed by atoms with van der Waals surface area (Å²) in [5.41, 5.74) is 1.78. The molecule has 1 atom stereocenters. The summed E-state index contributed by atoms with van der Waals surface area (Å²) in [6, 6.07) is 13.5. The molecule has 29 heavy (non-hydrogen) atoms. The van der Waals surface area contributed by atoms with E-state index in [1.54, 1.807) is 43.1 Å². The summed E-state index contributed by atoms with van der Waals surface area (Å²) in [6.45, 7) is 0.421. The fraction of sp³-hybridized carbons (Fsp3) is 0.318. The first-order valence-electron chi connectivity index (χ1n) is 9.43. The predicted octanol–water partition coefficient (Wildman–Crippen LogP) is 2.77. The zero-order valence-electron chi connectivity index (χ0n) is 16.5. The molecule has 0 saturated heterocycles. The smallest absolute Gasteiger partial charge is 0.262 e. The number of amides is 3. The van der Waals surface area contributed by atoms with Crippen LogP contribution in [0.15, 0.2) is 48.5 Å². The lowest BCUT2D eigenvalue weighted by molar-refractivity contribution is -0.125. The van der Waals surface area contributed by atoms with Gasteiger partial charge in [0.05, 0.1) is 18.2 Å². The zero-order chi connectivity index (χ0) is 20.8. The summed E-state index contributed by atoms with van der Waals surface area (Å²) in [4.78, 5) is 39.6. The third-order valence-corrected chi connectivity index (χ3v) is 5.55. The van der Waals surface area contributed by atoms with E-state index in [0.29, 0.717) is 36.3 Å². The Bertz CT molecular complexity index is 863. The van der Waals surface area contributed by atoms with Gasteiger partial charge < -0.3 is 10.1 Å². The first-order chi connectivity index (χ1) is 14.1. The summed E-state index contributed by atoms with van der Waals surface area (Å²) < 4.78 is 5.14. The van der Waals surface area contributed by atoms with Gasteiger partial charge in [-0.05, 0) is 54.7 Å². The number of ether oxygens (including phenoxy) is 1. The second kappa shape index (κ2) is 9.60. The second-order valence-electron chi connectivity index (χ2n) is 6.71. The van der Waals surface area contributed by atoms with Crippen molar-refractivity contribution in [3.05, 3.63) is 65.2 Å². The van der Waals surface area contributed by atoms with Crippen molar-refractivity contribution in [2.75, 3.05) is 25.7 Å². The van der Waals surface area contributed by atoms with Crippen molar-refractivity contribution in [1.29, 1.82) is 0 Å². The molecule has 1 N–H and O–H groups in total. The summed E-state index contributed by atoms with van der Waals surface area (Å²) in [5.74, 6) is 0.343. The van der Waals surface area contributed by atoms with Crippen LogP contribution in [-0.4, -0.2) is 54.3 Å². The number of carbonyl (C=O) groups excluding carboxylic acids is 3. The van der Waals surface area contributed by atoms with Gasteiger partial charge in [0.15, 0.2) is 0 Å². The Morgan fingerprint density at radius 1 is 1.07 bits per heavy atom. The van der Waals surface area contributed by atoms with E-state index >= 15 is 0 Å². The molecule has 152 valence electrons. The van der Waals surface area contributed by atoms with Gasteiger partial charge in [-0.3, -0.25) is 19.3 Å². The van der Waals surface area contributed by atoms with Gasteiger partial charge in [-0.15, -0.1) is 0 Å². The van der Waals surface area contributed by atoms with Crippen LogP contribution in [-0.2, 0) is 11.2 Å². The number of hydrogen-bond acceptors (Lipinski definition) is 5. The van der Waals surface area contributed by atoms with E-state index in [-0.39, 0.29) is 5.91 Å². The van der Waals surface area contributed by atoms with Gasteiger partial charge in [-0.25, -0.2) is 0 Å². The molecule has 1 heterocycles. The van der Waals surface area contributed by atoms with E-state index in [4.69, 9.17) is 4.74 Å². The van der Waals surface area contributed by atoms with Crippen LogP contribution < -0.4 is 10.1 Å². The van der Waals surface area contributed by atoms with Crippen molar-refractivity contribution < 1.29 is 19.1 Å². The number of hydrogen-bond donors (Lipinski definition) is 1. The maximum atomic E-state index is 12.9. The predicted molar refractivity (Wildman–Crippen MR) is 113 cm³/mol. The molecule has 0 fully saturated rings. The number of methoxy groups -OCH3 is 1. The number of fused-ring (bicyclic) bond motifs is 1. The van der Waals surface area contributed by atoms with Crippen LogP contribution >= 0.6 is 11.8 Å². The number of benzene rings is 2. The van der Waals surface area contributed by atoms with Crippen molar-refractivity contribution >= 4 is 29.5 Å². The quantitative estimate of drug-likeness (QED) is 0.641. The van der Waals surface area contributed by atoms with Crippen LogP contribution in [0.3, 0.4) is 0 Å². The Hall–Kier alpha value is -2.80. The highest BCUT2D eigenvalue weighted by atomic mass is 32.2. The number of imide groups is 1. The average molecular weight is 413 g/mol. The lowest BCUT2D eigenvalue weighted by atomic mass is 10.1. The van der Waals surface area contributed by atoms with Crippen LogP contribution in [0, 0.1) is 0 Å². The fourth-order valence-electron chi connectivity index (χ4n) is 3.34. The van der Waals surface area contributed by atoms with Gasteiger partial charge in [-0.2, -0.15) is 11.8 Å². The van der Waals surface area contributed by atoms with E-state index in [2.05, 4.69) is 5.32 Å². The Labute approximate surface area is 174 Å². The molecule has 2 aromatic rings. The first-order valence-corrected chi connectivity index (χ1v) is 10.8. The third-order valence-electron chi connectivity index (χ3n) is 4.91. The van der Waals surface area contributed by atoms with Crippen LogP contribution in [0.2, 0.25) is 0 Å². The minimum absolute atomic E-state index is 0.304. The van der Waals surface area contributed by atoms with Gasteiger partial charge in [0.1, 0.15) is 11.8 Å². The normalized spacial score (nSPS) is 13.9. The maximum absolute atomic E-state index is 12.9. The highest BCUT2D eigenvalue weighted by Gasteiger charge is 2.42. The van der Waals surface area contributed by atoms with Crippen molar-refractivity contribution in [2.24, 2.45) is 0 Å². The number of nitrogens with one attached hydrogen (secondary N) is 1. The minimum Gasteiger partial charge on any atom is -0.497 e. The molecule has 0 radical (unpaired) electrons. The van der Waals surface area contributed by atoms with Crippen LogP contribution in [0.5, 0.6) is 5.75 Å². The van der Waals surface area contributed by atoms with Crippen molar-refractivity contribution in [1.82, 2.24) is 10.2 Å². The summed E-state index contributed by atoms with van der Waals surface area (Å²) in [7, 11) is 1.61. The minimum atomic E-state index is -0.814. The van der Waals surface area contributed by atoms with Crippen molar-refractivity contribution in [3.8, 4) is 5.75 Å². The Balaban J connectivity index is 1.67. The monoisotopic (exact) mass is 412 g/mol. The molecule has 3 rings (SSSR count). The Kier molecular flexibility index (Phi) is 6.93. The van der Waals surface area contributed by atoms with Crippen LogP contribution in [0.4, 0.5) is 0 Å².